The van der Waals surface area contributed by atoms with E-state index < -0.39 is 5.97 Å². The summed E-state index contributed by atoms with van der Waals surface area (Å²) >= 11 is 0. The van der Waals surface area contributed by atoms with Crippen LogP contribution in [0.25, 0.3) is 0 Å². The molecule has 0 aromatic heterocycles. The van der Waals surface area contributed by atoms with Gasteiger partial charge in [-0.25, -0.2) is 4.79 Å². The molecule has 0 heterocycles. The number of hydrogen-bond donors (Lipinski definition) is 2. The second-order valence-electron chi connectivity index (χ2n) is 2.98. The molecule has 4 heteroatoms. The quantitative estimate of drug-likeness (QED) is 0.567. The predicted molar refractivity (Wildman–Crippen MR) is 55.5 cm³/mol. The second kappa shape index (κ2) is 4.41. The first kappa shape index (κ1) is 10.2. The molecule has 0 aliphatic rings. The number of hydrogen-bond acceptors (Lipinski definition) is 3. The van der Waals surface area contributed by atoms with Crippen molar-refractivity contribution >= 4 is 17.4 Å². The maximum Gasteiger partial charge on any atom is 0.351 e. The number of aliphatic carboxylic acids is 1. The molecule has 1 aromatic carbocycles. The van der Waals surface area contributed by atoms with E-state index in [-0.39, 0.29) is 5.71 Å². The number of carboxylic acid groups (broad SMARTS) is 1. The number of hydrazone groups is 1. The Balaban J connectivity index is 2.66. The van der Waals surface area contributed by atoms with E-state index in [1.54, 1.807) is 0 Å². The molecule has 0 amide bonds. The minimum absolute atomic E-state index is 0.0329. The Labute approximate surface area is 82.3 Å². The van der Waals surface area contributed by atoms with E-state index in [1.165, 1.54) is 6.92 Å². The fourth-order valence-corrected chi connectivity index (χ4v) is 0.824. The van der Waals surface area contributed by atoms with Crippen LogP contribution in [0, 0.1) is 6.92 Å². The Morgan fingerprint density at radius 3 is 2.43 bits per heavy atom. The minimum Gasteiger partial charge on any atom is -0.477 e. The SMILES string of the molecule is C/C(=N\Nc1ccc(C)cc1)C(=O)O. The number of nitrogens with one attached hydrogen (secondary N) is 1. The first-order valence-electron chi connectivity index (χ1n) is 4.20. The summed E-state index contributed by atoms with van der Waals surface area (Å²) in [4.78, 5) is 10.4. The normalized spacial score (nSPS) is 11.1. The number of nitrogens with zero attached hydrogens (tertiary/aromatic N) is 1. The van der Waals surface area contributed by atoms with Crippen LogP contribution in [0.4, 0.5) is 5.69 Å². The van der Waals surface area contributed by atoms with Crippen molar-refractivity contribution in [1.29, 1.82) is 0 Å². The summed E-state index contributed by atoms with van der Waals surface area (Å²) in [6.07, 6.45) is 0. The van der Waals surface area contributed by atoms with Crippen molar-refractivity contribution in [2.24, 2.45) is 5.10 Å². The van der Waals surface area contributed by atoms with E-state index in [2.05, 4.69) is 10.5 Å². The van der Waals surface area contributed by atoms with Crippen LogP contribution in [0.1, 0.15) is 12.5 Å². The van der Waals surface area contributed by atoms with Gasteiger partial charge in [-0.1, -0.05) is 17.7 Å². The molecule has 1 rings (SSSR count). The minimum atomic E-state index is -1.02. The van der Waals surface area contributed by atoms with Gasteiger partial charge in [0.1, 0.15) is 5.71 Å². The molecule has 0 saturated heterocycles. The second-order valence-corrected chi connectivity index (χ2v) is 2.98. The van der Waals surface area contributed by atoms with Gasteiger partial charge in [0.25, 0.3) is 0 Å². The Kier molecular flexibility index (Phi) is 3.23. The molecule has 14 heavy (non-hydrogen) atoms. The Bertz CT molecular complexity index is 355. The van der Waals surface area contributed by atoms with Gasteiger partial charge < -0.3 is 5.11 Å². The standard InChI is InChI=1S/C10H12N2O2/c1-7-3-5-9(6-4-7)12-11-8(2)10(13)14/h3-6,12H,1-2H3,(H,13,14)/b11-8+. The number of anilines is 1. The fourth-order valence-electron chi connectivity index (χ4n) is 0.824. The maximum atomic E-state index is 10.4. The predicted octanol–water partition coefficient (Wildman–Crippen LogP) is 1.87. The lowest BCUT2D eigenvalue weighted by Gasteiger charge is -2.00. The van der Waals surface area contributed by atoms with Crippen molar-refractivity contribution in [2.75, 3.05) is 5.43 Å². The van der Waals surface area contributed by atoms with E-state index in [1.807, 2.05) is 31.2 Å². The van der Waals surface area contributed by atoms with Crippen molar-refractivity contribution in [3.05, 3.63) is 29.8 Å². The molecule has 0 unspecified atom stereocenters. The van der Waals surface area contributed by atoms with Crippen molar-refractivity contribution in [3.63, 3.8) is 0 Å². The highest BCUT2D eigenvalue weighted by Gasteiger charge is 2.00. The molecule has 0 aliphatic heterocycles. The molecule has 0 spiro atoms. The van der Waals surface area contributed by atoms with Gasteiger partial charge in [0, 0.05) is 0 Å². The highest BCUT2D eigenvalue weighted by atomic mass is 16.4. The zero-order valence-electron chi connectivity index (χ0n) is 8.11. The Morgan fingerprint density at radius 2 is 1.93 bits per heavy atom. The first-order valence-corrected chi connectivity index (χ1v) is 4.20. The fraction of sp³-hybridized carbons (Fsp3) is 0.200. The molecule has 0 radical (unpaired) electrons. The third-order valence-electron chi connectivity index (χ3n) is 1.71. The molecular formula is C10H12N2O2. The molecular weight excluding hydrogens is 180 g/mol. The van der Waals surface area contributed by atoms with Gasteiger partial charge in [0.15, 0.2) is 0 Å². The van der Waals surface area contributed by atoms with E-state index >= 15 is 0 Å². The molecule has 0 bridgehead atoms. The van der Waals surface area contributed by atoms with Gasteiger partial charge in [0.05, 0.1) is 5.69 Å². The third kappa shape index (κ3) is 2.90. The monoisotopic (exact) mass is 192 g/mol. The molecule has 0 fully saturated rings. The number of benzene rings is 1. The lowest BCUT2D eigenvalue weighted by molar-refractivity contribution is -0.129. The number of rotatable bonds is 3. The smallest absolute Gasteiger partial charge is 0.351 e. The molecule has 2 N–H and O–H groups in total. The summed E-state index contributed by atoms with van der Waals surface area (Å²) in [6.45, 7) is 3.42. The van der Waals surface area contributed by atoms with Crippen molar-refractivity contribution in [2.45, 2.75) is 13.8 Å². The summed E-state index contributed by atoms with van der Waals surface area (Å²) in [5.41, 5.74) is 4.61. The maximum absolute atomic E-state index is 10.4. The number of carboxylic acids is 1. The summed E-state index contributed by atoms with van der Waals surface area (Å²) in [5.74, 6) is -1.02. The van der Waals surface area contributed by atoms with Gasteiger partial charge in [0.2, 0.25) is 0 Å². The van der Waals surface area contributed by atoms with E-state index in [9.17, 15) is 4.79 Å². The first-order chi connectivity index (χ1) is 6.59. The average molecular weight is 192 g/mol. The largest absolute Gasteiger partial charge is 0.477 e. The molecule has 74 valence electrons. The van der Waals surface area contributed by atoms with Crippen molar-refractivity contribution < 1.29 is 9.90 Å². The summed E-state index contributed by atoms with van der Waals surface area (Å²) in [7, 11) is 0. The van der Waals surface area contributed by atoms with E-state index in [4.69, 9.17) is 5.11 Å². The number of aryl methyl sites for hydroxylation is 1. The van der Waals surface area contributed by atoms with Crippen LogP contribution in [-0.2, 0) is 4.79 Å². The summed E-state index contributed by atoms with van der Waals surface area (Å²) < 4.78 is 0. The van der Waals surface area contributed by atoms with E-state index in [0.29, 0.717) is 0 Å². The van der Waals surface area contributed by atoms with Crippen LogP contribution < -0.4 is 5.43 Å². The van der Waals surface area contributed by atoms with Gasteiger partial charge in [-0.3, -0.25) is 5.43 Å². The van der Waals surface area contributed by atoms with Crippen LogP contribution in [-0.4, -0.2) is 16.8 Å². The van der Waals surface area contributed by atoms with Gasteiger partial charge in [-0.15, -0.1) is 0 Å². The summed E-state index contributed by atoms with van der Waals surface area (Å²) in [5, 5.41) is 12.2. The molecule has 0 saturated carbocycles. The summed E-state index contributed by atoms with van der Waals surface area (Å²) in [6, 6.07) is 7.53. The molecule has 0 aliphatic carbocycles. The highest BCUT2D eigenvalue weighted by Crippen LogP contribution is 2.08. The van der Waals surface area contributed by atoms with Crippen LogP contribution in [0.3, 0.4) is 0 Å². The van der Waals surface area contributed by atoms with Gasteiger partial charge in [-0.05, 0) is 26.0 Å². The van der Waals surface area contributed by atoms with Crippen LogP contribution in [0.2, 0.25) is 0 Å². The van der Waals surface area contributed by atoms with Crippen LogP contribution in [0.15, 0.2) is 29.4 Å². The van der Waals surface area contributed by atoms with Crippen LogP contribution >= 0.6 is 0 Å². The third-order valence-corrected chi connectivity index (χ3v) is 1.71. The van der Waals surface area contributed by atoms with Gasteiger partial charge >= 0.3 is 5.97 Å². The highest BCUT2D eigenvalue weighted by molar-refractivity contribution is 6.34. The topological polar surface area (TPSA) is 61.7 Å². The van der Waals surface area contributed by atoms with E-state index in [0.717, 1.165) is 11.3 Å². The van der Waals surface area contributed by atoms with Crippen molar-refractivity contribution in [1.82, 2.24) is 0 Å². The molecule has 1 aromatic rings. The zero-order chi connectivity index (χ0) is 10.6. The average Bonchev–Trinajstić information content (AvgIpc) is 2.16. The van der Waals surface area contributed by atoms with Gasteiger partial charge in [-0.2, -0.15) is 5.10 Å². The Morgan fingerprint density at radius 1 is 1.36 bits per heavy atom. The Hall–Kier alpha value is -1.84. The molecule has 0 atom stereocenters. The lowest BCUT2D eigenvalue weighted by Crippen LogP contribution is -2.10. The van der Waals surface area contributed by atoms with Crippen molar-refractivity contribution in [3.8, 4) is 0 Å². The zero-order valence-corrected chi connectivity index (χ0v) is 8.11. The lowest BCUT2D eigenvalue weighted by atomic mass is 10.2. The van der Waals surface area contributed by atoms with Crippen LogP contribution in [0.5, 0.6) is 0 Å². The molecule has 4 nitrogen and oxygen atoms in total. The number of carbonyl (C=O) groups is 1.